The van der Waals surface area contributed by atoms with Crippen LogP contribution in [-0.4, -0.2) is 32.6 Å². The van der Waals surface area contributed by atoms with Crippen molar-refractivity contribution in [2.24, 2.45) is 10.4 Å². The molecule has 0 aliphatic heterocycles. The van der Waals surface area contributed by atoms with Crippen LogP contribution in [0.2, 0.25) is 0 Å². The van der Waals surface area contributed by atoms with Gasteiger partial charge in [-0.2, -0.15) is 0 Å². The number of hydrogen-bond donors (Lipinski definition) is 2. The van der Waals surface area contributed by atoms with E-state index in [0.717, 1.165) is 18.1 Å². The fourth-order valence-electron chi connectivity index (χ4n) is 2.89. The van der Waals surface area contributed by atoms with Crippen molar-refractivity contribution in [2.45, 2.75) is 39.2 Å². The minimum absolute atomic E-state index is 0.313. The first-order chi connectivity index (χ1) is 11.1. The summed E-state index contributed by atoms with van der Waals surface area (Å²) in [5, 5.41) is 6.75. The van der Waals surface area contributed by atoms with Crippen LogP contribution in [0.4, 0.5) is 0 Å². The molecule has 1 aliphatic rings. The zero-order chi connectivity index (χ0) is 16.7. The van der Waals surface area contributed by atoms with E-state index in [1.54, 1.807) is 19.2 Å². The van der Waals surface area contributed by atoms with E-state index in [-0.39, 0.29) is 5.97 Å². The normalized spacial score (nSPS) is 16.4. The average molecular weight is 317 g/mol. The number of carbonyl (C=O) groups excluding carboxylic acids is 1. The van der Waals surface area contributed by atoms with Gasteiger partial charge in [0.25, 0.3) is 0 Å². The maximum absolute atomic E-state index is 11.4. The highest BCUT2D eigenvalue weighted by Gasteiger charge is 2.34. The van der Waals surface area contributed by atoms with Crippen molar-refractivity contribution in [2.75, 3.05) is 20.7 Å². The molecular weight excluding hydrogens is 290 g/mol. The summed E-state index contributed by atoms with van der Waals surface area (Å²) in [6, 6.07) is 7.40. The molecule has 0 heterocycles. The van der Waals surface area contributed by atoms with Crippen LogP contribution in [-0.2, 0) is 11.3 Å². The van der Waals surface area contributed by atoms with Gasteiger partial charge in [0, 0.05) is 20.1 Å². The van der Waals surface area contributed by atoms with E-state index in [4.69, 9.17) is 4.74 Å². The first-order valence-corrected chi connectivity index (χ1v) is 8.24. The van der Waals surface area contributed by atoms with Crippen molar-refractivity contribution in [1.29, 1.82) is 0 Å². The summed E-state index contributed by atoms with van der Waals surface area (Å²) in [6.07, 6.45) is 5.17. The molecule has 2 rings (SSSR count). The summed E-state index contributed by atoms with van der Waals surface area (Å²) in [5.41, 5.74) is 2.11. The van der Waals surface area contributed by atoms with Gasteiger partial charge in [-0.1, -0.05) is 25.5 Å². The lowest BCUT2D eigenvalue weighted by Gasteiger charge is -2.41. The Bertz CT molecular complexity index is 542. The third kappa shape index (κ3) is 4.47. The van der Waals surface area contributed by atoms with Crippen LogP contribution in [0.3, 0.4) is 0 Å². The Morgan fingerprint density at radius 2 is 1.96 bits per heavy atom. The van der Waals surface area contributed by atoms with Crippen LogP contribution >= 0.6 is 0 Å². The summed E-state index contributed by atoms with van der Waals surface area (Å²) in [6.45, 7) is 3.91. The van der Waals surface area contributed by atoms with E-state index >= 15 is 0 Å². The highest BCUT2D eigenvalue weighted by Crippen LogP contribution is 2.42. The van der Waals surface area contributed by atoms with Gasteiger partial charge in [0.1, 0.15) is 0 Å². The second-order valence-electron chi connectivity index (χ2n) is 6.17. The Hall–Kier alpha value is -2.04. The van der Waals surface area contributed by atoms with Gasteiger partial charge in [0.05, 0.1) is 12.7 Å². The zero-order valence-corrected chi connectivity index (χ0v) is 14.3. The highest BCUT2D eigenvalue weighted by atomic mass is 16.5. The number of nitrogens with one attached hydrogen (secondary N) is 2. The minimum atomic E-state index is -0.313. The molecule has 0 atom stereocenters. The maximum atomic E-state index is 11.4. The van der Waals surface area contributed by atoms with E-state index in [0.29, 0.717) is 17.5 Å². The predicted octanol–water partition coefficient (Wildman–Crippen LogP) is 2.72. The zero-order valence-electron chi connectivity index (χ0n) is 14.3. The molecule has 0 saturated heterocycles. The predicted molar refractivity (Wildman–Crippen MR) is 92.6 cm³/mol. The Balaban J connectivity index is 1.82. The smallest absolute Gasteiger partial charge is 0.337 e. The molecule has 1 saturated carbocycles. The number of carbonyl (C=O) groups is 1. The van der Waals surface area contributed by atoms with Crippen LogP contribution in [0.5, 0.6) is 0 Å². The van der Waals surface area contributed by atoms with Gasteiger partial charge in [-0.15, -0.1) is 0 Å². The Morgan fingerprint density at radius 3 is 2.43 bits per heavy atom. The van der Waals surface area contributed by atoms with Crippen LogP contribution in [0, 0.1) is 5.41 Å². The van der Waals surface area contributed by atoms with E-state index < -0.39 is 0 Å². The van der Waals surface area contributed by atoms with E-state index in [2.05, 4.69) is 22.5 Å². The lowest BCUT2D eigenvalue weighted by Crippen LogP contribution is -2.46. The monoisotopic (exact) mass is 317 g/mol. The topological polar surface area (TPSA) is 62.7 Å². The van der Waals surface area contributed by atoms with E-state index in [9.17, 15) is 4.79 Å². The molecule has 1 aromatic carbocycles. The van der Waals surface area contributed by atoms with Crippen molar-refractivity contribution in [3.8, 4) is 0 Å². The molecule has 1 aliphatic carbocycles. The quantitative estimate of drug-likeness (QED) is 0.481. The largest absolute Gasteiger partial charge is 0.465 e. The summed E-state index contributed by atoms with van der Waals surface area (Å²) in [7, 11) is 3.17. The fraction of sp³-hybridized carbons (Fsp3) is 0.556. The molecule has 0 aromatic heterocycles. The fourth-order valence-corrected chi connectivity index (χ4v) is 2.89. The van der Waals surface area contributed by atoms with Gasteiger partial charge in [-0.3, -0.25) is 4.99 Å². The molecule has 0 radical (unpaired) electrons. The van der Waals surface area contributed by atoms with Gasteiger partial charge in [-0.05, 0) is 42.4 Å². The van der Waals surface area contributed by atoms with E-state index in [1.165, 1.54) is 32.8 Å². The molecule has 5 nitrogen and oxygen atoms in total. The van der Waals surface area contributed by atoms with Gasteiger partial charge >= 0.3 is 5.97 Å². The lowest BCUT2D eigenvalue weighted by atomic mass is 9.67. The second-order valence-corrected chi connectivity index (χ2v) is 6.17. The first kappa shape index (κ1) is 17.3. The molecule has 5 heteroatoms. The number of methoxy groups -OCH3 is 1. The molecule has 0 bridgehead atoms. The average Bonchev–Trinajstić information content (AvgIpc) is 2.56. The molecule has 0 spiro atoms. The van der Waals surface area contributed by atoms with Gasteiger partial charge in [0.2, 0.25) is 0 Å². The first-order valence-electron chi connectivity index (χ1n) is 8.24. The van der Waals surface area contributed by atoms with Crippen LogP contribution < -0.4 is 10.6 Å². The van der Waals surface area contributed by atoms with Crippen molar-refractivity contribution < 1.29 is 9.53 Å². The molecule has 23 heavy (non-hydrogen) atoms. The lowest BCUT2D eigenvalue weighted by molar-refractivity contribution is 0.0600. The van der Waals surface area contributed by atoms with E-state index in [1.807, 2.05) is 12.1 Å². The maximum Gasteiger partial charge on any atom is 0.337 e. The molecule has 126 valence electrons. The molecule has 1 fully saturated rings. The number of aliphatic imine (C=N–C) groups is 1. The molecule has 0 unspecified atom stereocenters. The number of hydrogen-bond acceptors (Lipinski definition) is 3. The molecule has 1 aromatic rings. The number of ether oxygens (including phenoxy) is 1. The van der Waals surface area contributed by atoms with Gasteiger partial charge in [-0.25, -0.2) is 4.79 Å². The summed E-state index contributed by atoms with van der Waals surface area (Å²) in [5.74, 6) is 0.508. The Labute approximate surface area is 138 Å². The summed E-state index contributed by atoms with van der Waals surface area (Å²) >= 11 is 0. The van der Waals surface area contributed by atoms with Crippen molar-refractivity contribution in [3.63, 3.8) is 0 Å². The minimum Gasteiger partial charge on any atom is -0.465 e. The number of guanidine groups is 1. The van der Waals surface area contributed by atoms with Crippen LogP contribution in [0.1, 0.15) is 48.5 Å². The van der Waals surface area contributed by atoms with Crippen molar-refractivity contribution in [1.82, 2.24) is 10.6 Å². The molecule has 0 amide bonds. The number of rotatable bonds is 6. The summed E-state index contributed by atoms with van der Waals surface area (Å²) in [4.78, 5) is 15.7. The number of benzene rings is 1. The third-order valence-corrected chi connectivity index (χ3v) is 4.85. The van der Waals surface area contributed by atoms with Gasteiger partial charge < -0.3 is 15.4 Å². The Kier molecular flexibility index (Phi) is 6.02. The standard InChI is InChI=1S/C18H27N3O2/c1-4-18(10-5-11-18)13-21-17(19-2)20-12-14-6-8-15(9-7-14)16(22)23-3/h6-9H,4-5,10-13H2,1-3H3,(H2,19,20,21). The number of nitrogens with zero attached hydrogens (tertiary/aromatic N) is 1. The third-order valence-electron chi connectivity index (χ3n) is 4.85. The SMILES string of the molecule is CCC1(CNC(=NC)NCc2ccc(C(=O)OC)cc2)CCC1. The van der Waals surface area contributed by atoms with Gasteiger partial charge in [0.15, 0.2) is 5.96 Å². The molecule has 2 N–H and O–H groups in total. The second kappa shape index (κ2) is 7.99. The Morgan fingerprint density at radius 1 is 1.26 bits per heavy atom. The highest BCUT2D eigenvalue weighted by molar-refractivity contribution is 5.89. The number of esters is 1. The van der Waals surface area contributed by atoms with Crippen LogP contribution in [0.25, 0.3) is 0 Å². The summed E-state index contributed by atoms with van der Waals surface area (Å²) < 4.78 is 4.70. The van der Waals surface area contributed by atoms with Crippen molar-refractivity contribution in [3.05, 3.63) is 35.4 Å². The molecular formula is C18H27N3O2. The van der Waals surface area contributed by atoms with Crippen molar-refractivity contribution >= 4 is 11.9 Å². The van der Waals surface area contributed by atoms with Crippen LogP contribution in [0.15, 0.2) is 29.3 Å².